The Morgan fingerprint density at radius 1 is 0.848 bits per heavy atom. The van der Waals surface area contributed by atoms with E-state index in [0.717, 1.165) is 13.8 Å². The molecule has 0 spiro atoms. The van der Waals surface area contributed by atoms with E-state index >= 15 is 0 Å². The summed E-state index contributed by atoms with van der Waals surface area (Å²) in [6.07, 6.45) is -25.8. The van der Waals surface area contributed by atoms with Crippen LogP contribution in [0.5, 0.6) is 0 Å². The van der Waals surface area contributed by atoms with Crippen LogP contribution >= 0.6 is 0 Å². The summed E-state index contributed by atoms with van der Waals surface area (Å²) >= 11 is 0. The van der Waals surface area contributed by atoms with Crippen molar-refractivity contribution in [2.45, 2.75) is 118 Å². The van der Waals surface area contributed by atoms with Gasteiger partial charge in [0.15, 0.2) is 12.6 Å². The van der Waals surface area contributed by atoms with Crippen LogP contribution in [0.3, 0.4) is 0 Å². The minimum atomic E-state index is -3.04. The van der Waals surface area contributed by atoms with Gasteiger partial charge >= 0.3 is 5.97 Å². The molecule has 0 aromatic heterocycles. The zero-order chi connectivity index (χ0) is 34.7. The molecule has 3 aliphatic rings. The number of hydrogen-bond donors (Lipinski definition) is 13. The van der Waals surface area contributed by atoms with Gasteiger partial charge in [0.1, 0.15) is 67.1 Å². The standard InChI is InChI=1S/C25H42N2O19/c1-7(31)26-13-9(33)3-25(24(40)41,45-20(13)15(35)10(34)4-28)46-21-17(37)12(6-30)43-23(18(21)38)44-19-14(27-8(2)32)22(39)42-11(5-29)16(19)36/h9-23,28-30,33-39H,3-6H2,1-2H3,(H,26,31)(H,27,32)(H,40,41)/t9-,10-,11+,12+,13-,14+,15-,16-,17+,18+,19-,20-,21+,22-,23+,25+/m1/s1. The molecule has 0 aromatic carbocycles. The minimum absolute atomic E-state index is 0.720. The van der Waals surface area contributed by atoms with Crippen LogP contribution in [0.2, 0.25) is 0 Å². The first kappa shape index (κ1) is 38.3. The number of carbonyl (C=O) groups excluding carboxylic acids is 2. The minimum Gasteiger partial charge on any atom is -0.477 e. The van der Waals surface area contributed by atoms with E-state index in [1.54, 1.807) is 0 Å². The normalized spacial score (nSPS) is 42.9. The number of aliphatic hydroxyl groups is 10. The molecule has 3 rings (SSSR count). The van der Waals surface area contributed by atoms with Gasteiger partial charge in [0, 0.05) is 20.3 Å². The Kier molecular flexibility index (Phi) is 13.1. The molecule has 46 heavy (non-hydrogen) atoms. The lowest BCUT2D eigenvalue weighted by molar-refractivity contribution is -0.380. The fourth-order valence-electron chi connectivity index (χ4n) is 5.56. The van der Waals surface area contributed by atoms with Gasteiger partial charge in [-0.2, -0.15) is 0 Å². The van der Waals surface area contributed by atoms with Crippen molar-refractivity contribution in [2.75, 3.05) is 19.8 Å². The zero-order valence-corrected chi connectivity index (χ0v) is 24.7. The molecule has 0 radical (unpaired) electrons. The molecule has 3 saturated heterocycles. The van der Waals surface area contributed by atoms with Gasteiger partial charge in [-0.25, -0.2) is 4.79 Å². The van der Waals surface area contributed by atoms with Crippen LogP contribution in [-0.4, -0.2) is 191 Å². The summed E-state index contributed by atoms with van der Waals surface area (Å²) in [4.78, 5) is 36.2. The summed E-state index contributed by atoms with van der Waals surface area (Å²) in [6, 6.07) is -3.08. The first-order chi connectivity index (χ1) is 21.5. The monoisotopic (exact) mass is 674 g/mol. The summed E-state index contributed by atoms with van der Waals surface area (Å²) in [5, 5.41) is 118. The number of carbonyl (C=O) groups is 3. The molecule has 0 bridgehead atoms. The first-order valence-corrected chi connectivity index (χ1v) is 14.2. The number of aliphatic hydroxyl groups excluding tert-OH is 10. The third kappa shape index (κ3) is 8.08. The van der Waals surface area contributed by atoms with Crippen molar-refractivity contribution in [3.05, 3.63) is 0 Å². The van der Waals surface area contributed by atoms with Crippen molar-refractivity contribution in [3.63, 3.8) is 0 Å². The number of aliphatic carboxylic acids is 1. The molecule has 21 nitrogen and oxygen atoms in total. The Hall–Kier alpha value is -2.19. The summed E-state index contributed by atoms with van der Waals surface area (Å²) in [7, 11) is 0. The van der Waals surface area contributed by atoms with E-state index in [1.165, 1.54) is 0 Å². The third-order valence-electron chi connectivity index (χ3n) is 7.87. The van der Waals surface area contributed by atoms with Crippen LogP contribution in [0, 0.1) is 0 Å². The number of nitrogens with one attached hydrogen (secondary N) is 2. The maximum atomic E-state index is 12.6. The lowest BCUT2D eigenvalue weighted by Crippen LogP contribution is -2.71. The fourth-order valence-corrected chi connectivity index (χ4v) is 5.56. The van der Waals surface area contributed by atoms with Crippen LogP contribution in [0.15, 0.2) is 0 Å². The van der Waals surface area contributed by atoms with Gasteiger partial charge in [0.2, 0.25) is 11.8 Å². The highest BCUT2D eigenvalue weighted by atomic mass is 16.8. The molecule has 3 aliphatic heterocycles. The molecule has 0 aromatic rings. The van der Waals surface area contributed by atoms with E-state index < -0.39 is 142 Å². The van der Waals surface area contributed by atoms with Gasteiger partial charge in [-0.3, -0.25) is 9.59 Å². The van der Waals surface area contributed by atoms with E-state index in [2.05, 4.69) is 10.6 Å². The Balaban J connectivity index is 1.98. The average Bonchev–Trinajstić information content (AvgIpc) is 2.99. The predicted octanol–water partition coefficient (Wildman–Crippen LogP) is -8.08. The highest BCUT2D eigenvalue weighted by Crippen LogP contribution is 2.38. The molecule has 16 atom stereocenters. The van der Waals surface area contributed by atoms with Crippen LogP contribution in [-0.2, 0) is 38.1 Å². The number of carboxylic acids is 1. The third-order valence-corrected chi connectivity index (χ3v) is 7.87. The zero-order valence-electron chi connectivity index (χ0n) is 24.7. The largest absolute Gasteiger partial charge is 0.477 e. The van der Waals surface area contributed by atoms with Crippen molar-refractivity contribution in [1.29, 1.82) is 0 Å². The molecule has 266 valence electrons. The van der Waals surface area contributed by atoms with Gasteiger partial charge in [-0.1, -0.05) is 0 Å². The van der Waals surface area contributed by atoms with Gasteiger partial charge in [-0.15, -0.1) is 0 Å². The van der Waals surface area contributed by atoms with Crippen molar-refractivity contribution in [3.8, 4) is 0 Å². The summed E-state index contributed by atoms with van der Waals surface area (Å²) in [6.45, 7) is -0.777. The Labute approximate surface area is 260 Å². The second kappa shape index (κ2) is 15.8. The van der Waals surface area contributed by atoms with Crippen LogP contribution in [0.25, 0.3) is 0 Å². The first-order valence-electron chi connectivity index (χ1n) is 14.2. The van der Waals surface area contributed by atoms with Crippen molar-refractivity contribution < 1.29 is 94.2 Å². The maximum Gasteiger partial charge on any atom is 0.364 e. The van der Waals surface area contributed by atoms with E-state index in [9.17, 15) is 70.6 Å². The number of amides is 2. The molecule has 0 saturated carbocycles. The van der Waals surface area contributed by atoms with Crippen LogP contribution in [0.1, 0.15) is 20.3 Å². The molecule has 3 heterocycles. The average molecular weight is 675 g/mol. The number of ether oxygens (including phenoxy) is 5. The summed E-state index contributed by atoms with van der Waals surface area (Å²) in [5.41, 5.74) is 0. The van der Waals surface area contributed by atoms with Gasteiger partial charge in [0.05, 0.1) is 32.0 Å². The summed E-state index contributed by atoms with van der Waals surface area (Å²) < 4.78 is 27.3. The maximum absolute atomic E-state index is 12.6. The highest BCUT2D eigenvalue weighted by Gasteiger charge is 2.60. The molecule has 3 fully saturated rings. The van der Waals surface area contributed by atoms with Crippen molar-refractivity contribution in [1.82, 2.24) is 10.6 Å². The van der Waals surface area contributed by atoms with E-state index in [-0.39, 0.29) is 0 Å². The van der Waals surface area contributed by atoms with Gasteiger partial charge in [0.25, 0.3) is 5.79 Å². The topological polar surface area (TPSA) is 344 Å². The highest BCUT2D eigenvalue weighted by molar-refractivity contribution is 5.76. The molecular weight excluding hydrogens is 632 g/mol. The number of carboxylic acid groups (broad SMARTS) is 1. The fraction of sp³-hybridized carbons (Fsp3) is 0.880. The molecule has 0 unspecified atom stereocenters. The summed E-state index contributed by atoms with van der Waals surface area (Å²) in [5.74, 6) is -6.50. The number of hydrogen-bond acceptors (Lipinski definition) is 18. The van der Waals surface area contributed by atoms with E-state index in [4.69, 9.17) is 23.7 Å². The van der Waals surface area contributed by atoms with Crippen molar-refractivity contribution >= 4 is 17.8 Å². The smallest absolute Gasteiger partial charge is 0.364 e. The van der Waals surface area contributed by atoms with E-state index in [0.29, 0.717) is 0 Å². The Morgan fingerprint density at radius 2 is 1.39 bits per heavy atom. The van der Waals surface area contributed by atoms with Crippen LogP contribution < -0.4 is 10.6 Å². The second-order valence-electron chi connectivity index (χ2n) is 11.2. The van der Waals surface area contributed by atoms with Crippen LogP contribution in [0.4, 0.5) is 0 Å². The van der Waals surface area contributed by atoms with Gasteiger partial charge < -0.3 is 90.5 Å². The Bertz CT molecular complexity index is 1050. The Morgan fingerprint density at radius 3 is 1.91 bits per heavy atom. The number of rotatable bonds is 12. The molecule has 0 aliphatic carbocycles. The molecular formula is C25H42N2O19. The molecule has 2 amide bonds. The van der Waals surface area contributed by atoms with E-state index in [1.807, 2.05) is 0 Å². The second-order valence-corrected chi connectivity index (χ2v) is 11.2. The molecule has 21 heteroatoms. The molecule has 13 N–H and O–H groups in total. The SMILES string of the molecule is CC(=O)N[C@H]1[C@H]([C@H](O)[C@H](O)CO)O[C@@](O[C@@H]2[C@H](O)[C@H](O[C@H]3[C@H](O)[C@H](CO)O[C@@H](O)[C@H]3NC(C)=O)O[C@@H](CO)[C@@H]2O)(C(=O)O)C[C@H]1O. The van der Waals surface area contributed by atoms with Crippen molar-refractivity contribution in [2.24, 2.45) is 0 Å². The van der Waals surface area contributed by atoms with Gasteiger partial charge in [-0.05, 0) is 0 Å². The quantitative estimate of drug-likeness (QED) is 0.0913. The lowest BCUT2D eigenvalue weighted by Gasteiger charge is -2.50. The predicted molar refractivity (Wildman–Crippen MR) is 142 cm³/mol. The lowest BCUT2D eigenvalue weighted by atomic mass is 9.88.